The number of benzene rings is 1. The molecule has 0 aromatic heterocycles. The van der Waals surface area contributed by atoms with Crippen LogP contribution in [-0.2, 0) is 10.2 Å². The molecule has 4 nitrogen and oxygen atoms in total. The Labute approximate surface area is 136 Å². The lowest BCUT2D eigenvalue weighted by molar-refractivity contribution is -0.142. The summed E-state index contributed by atoms with van der Waals surface area (Å²) < 4.78 is 13.2. The van der Waals surface area contributed by atoms with Crippen molar-refractivity contribution in [2.24, 2.45) is 0 Å². The Kier molecular flexibility index (Phi) is 4.69. The van der Waals surface area contributed by atoms with E-state index in [0.29, 0.717) is 19.6 Å². The molecule has 1 N–H and O–H groups in total. The summed E-state index contributed by atoms with van der Waals surface area (Å²) in [5, 5.41) is 9.47. The number of β-amino-alcohol motifs (C(OH)–C–C–N with tert-alkyl or cyclic N) is 1. The van der Waals surface area contributed by atoms with E-state index >= 15 is 0 Å². The first kappa shape index (κ1) is 16.4. The summed E-state index contributed by atoms with van der Waals surface area (Å²) in [6.07, 6.45) is 2.41. The number of carbonyl (C=O) groups excluding carboxylic acids is 1. The number of hydrogen-bond acceptors (Lipinski definition) is 3. The maximum absolute atomic E-state index is 13.2. The van der Waals surface area contributed by atoms with Crippen LogP contribution in [0.5, 0.6) is 0 Å². The minimum atomic E-state index is -0.444. The Morgan fingerprint density at radius 1 is 1.22 bits per heavy atom. The average Bonchev–Trinajstić information content (AvgIpc) is 2.48. The van der Waals surface area contributed by atoms with E-state index in [4.69, 9.17) is 0 Å². The minimum Gasteiger partial charge on any atom is -0.392 e. The highest BCUT2D eigenvalue weighted by molar-refractivity contribution is 5.89. The van der Waals surface area contributed by atoms with Gasteiger partial charge >= 0.3 is 0 Å². The Balaban J connectivity index is 1.68. The largest absolute Gasteiger partial charge is 0.392 e. The summed E-state index contributed by atoms with van der Waals surface area (Å²) in [5.74, 6) is -0.0746. The van der Waals surface area contributed by atoms with Gasteiger partial charge in [0, 0.05) is 32.7 Å². The Morgan fingerprint density at radius 3 is 2.30 bits per heavy atom. The molecule has 1 aliphatic heterocycles. The summed E-state index contributed by atoms with van der Waals surface area (Å²) >= 11 is 0. The lowest BCUT2D eigenvalue weighted by atomic mass is 9.63. The topological polar surface area (TPSA) is 43.8 Å². The molecule has 1 unspecified atom stereocenters. The maximum Gasteiger partial charge on any atom is 0.233 e. The minimum absolute atomic E-state index is 0.187. The second-order valence-corrected chi connectivity index (χ2v) is 6.88. The van der Waals surface area contributed by atoms with Crippen molar-refractivity contribution in [2.75, 3.05) is 32.7 Å². The molecular weight excluding hydrogens is 295 g/mol. The van der Waals surface area contributed by atoms with E-state index in [1.807, 2.05) is 4.90 Å². The van der Waals surface area contributed by atoms with Gasteiger partial charge in [-0.15, -0.1) is 0 Å². The molecule has 1 atom stereocenters. The van der Waals surface area contributed by atoms with Crippen molar-refractivity contribution in [3.63, 3.8) is 0 Å². The molecular formula is C18H25FN2O2. The first-order valence-corrected chi connectivity index (χ1v) is 8.47. The molecule has 23 heavy (non-hydrogen) atoms. The van der Waals surface area contributed by atoms with Gasteiger partial charge in [-0.1, -0.05) is 18.6 Å². The second kappa shape index (κ2) is 6.57. The zero-order chi connectivity index (χ0) is 16.4. The third-order valence-corrected chi connectivity index (χ3v) is 5.20. The molecule has 1 aromatic carbocycles. The molecule has 1 heterocycles. The number of aliphatic hydroxyl groups excluding tert-OH is 1. The predicted octanol–water partition coefficient (Wildman–Crippen LogP) is 1.77. The van der Waals surface area contributed by atoms with E-state index in [2.05, 4.69) is 4.90 Å². The van der Waals surface area contributed by atoms with Crippen molar-refractivity contribution in [1.82, 2.24) is 9.80 Å². The summed E-state index contributed by atoms with van der Waals surface area (Å²) in [5.41, 5.74) is 0.502. The van der Waals surface area contributed by atoms with Gasteiger partial charge < -0.3 is 10.0 Å². The third kappa shape index (κ3) is 3.26. The summed E-state index contributed by atoms with van der Waals surface area (Å²) in [4.78, 5) is 17.2. The van der Waals surface area contributed by atoms with Crippen LogP contribution in [0.15, 0.2) is 24.3 Å². The normalized spacial score (nSPS) is 22.5. The van der Waals surface area contributed by atoms with Crippen molar-refractivity contribution < 1.29 is 14.3 Å². The monoisotopic (exact) mass is 320 g/mol. The number of nitrogens with zero attached hydrogens (tertiary/aromatic N) is 2. The predicted molar refractivity (Wildman–Crippen MR) is 86.6 cm³/mol. The van der Waals surface area contributed by atoms with E-state index in [-0.39, 0.29) is 17.8 Å². The number of piperazine rings is 1. The van der Waals surface area contributed by atoms with Crippen LogP contribution in [0.3, 0.4) is 0 Å². The standard InChI is InChI=1S/C18H25FN2O2/c1-14(22)13-20-9-11-21(12-10-20)17(23)18(7-2-8-18)15-3-5-16(19)6-4-15/h3-6,14,22H,2,7-13H2,1H3. The highest BCUT2D eigenvalue weighted by Gasteiger charge is 2.47. The van der Waals surface area contributed by atoms with Crippen molar-refractivity contribution in [3.05, 3.63) is 35.6 Å². The van der Waals surface area contributed by atoms with Gasteiger partial charge in [-0.25, -0.2) is 4.39 Å². The molecule has 1 amide bonds. The van der Waals surface area contributed by atoms with Gasteiger partial charge in [0.15, 0.2) is 0 Å². The number of rotatable bonds is 4. The van der Waals surface area contributed by atoms with E-state index in [1.165, 1.54) is 12.1 Å². The van der Waals surface area contributed by atoms with Crippen LogP contribution in [0.1, 0.15) is 31.7 Å². The van der Waals surface area contributed by atoms with Gasteiger partial charge in [0.1, 0.15) is 5.82 Å². The number of hydrogen-bond donors (Lipinski definition) is 1. The van der Waals surface area contributed by atoms with Crippen LogP contribution in [0.25, 0.3) is 0 Å². The first-order chi connectivity index (χ1) is 11.0. The van der Waals surface area contributed by atoms with Gasteiger partial charge in [0.2, 0.25) is 5.91 Å². The van der Waals surface area contributed by atoms with E-state index in [9.17, 15) is 14.3 Å². The summed E-state index contributed by atoms with van der Waals surface area (Å²) in [7, 11) is 0. The molecule has 2 fully saturated rings. The van der Waals surface area contributed by atoms with E-state index < -0.39 is 5.41 Å². The molecule has 0 spiro atoms. The molecule has 1 saturated heterocycles. The van der Waals surface area contributed by atoms with Gasteiger partial charge in [0.05, 0.1) is 11.5 Å². The lowest BCUT2D eigenvalue weighted by Crippen LogP contribution is -2.57. The van der Waals surface area contributed by atoms with Crippen LogP contribution < -0.4 is 0 Å². The van der Waals surface area contributed by atoms with Gasteiger partial charge in [-0.3, -0.25) is 9.69 Å². The van der Waals surface area contributed by atoms with Gasteiger partial charge in [-0.05, 0) is 37.5 Å². The highest BCUT2D eigenvalue weighted by Crippen LogP contribution is 2.45. The van der Waals surface area contributed by atoms with Crippen molar-refractivity contribution in [2.45, 2.75) is 37.7 Å². The molecule has 1 aliphatic carbocycles. The van der Waals surface area contributed by atoms with E-state index in [0.717, 1.165) is 37.9 Å². The lowest BCUT2D eigenvalue weighted by Gasteiger charge is -2.46. The molecule has 126 valence electrons. The molecule has 1 aromatic rings. The molecule has 2 aliphatic rings. The fourth-order valence-corrected chi connectivity index (χ4v) is 3.74. The summed E-state index contributed by atoms with van der Waals surface area (Å²) in [6.45, 7) is 5.45. The zero-order valence-corrected chi connectivity index (χ0v) is 13.7. The van der Waals surface area contributed by atoms with Crippen molar-refractivity contribution in [1.29, 1.82) is 0 Å². The SMILES string of the molecule is CC(O)CN1CCN(C(=O)C2(c3ccc(F)cc3)CCC2)CC1. The molecule has 1 saturated carbocycles. The van der Waals surface area contributed by atoms with Gasteiger partial charge in [0.25, 0.3) is 0 Å². The Bertz CT molecular complexity index is 547. The first-order valence-electron chi connectivity index (χ1n) is 8.47. The smallest absolute Gasteiger partial charge is 0.233 e. The van der Waals surface area contributed by atoms with Crippen LogP contribution in [0.2, 0.25) is 0 Å². The van der Waals surface area contributed by atoms with E-state index in [1.54, 1.807) is 19.1 Å². The Hall–Kier alpha value is -1.46. The number of amides is 1. The average molecular weight is 320 g/mol. The Morgan fingerprint density at radius 2 is 1.83 bits per heavy atom. The fourth-order valence-electron chi connectivity index (χ4n) is 3.74. The molecule has 0 radical (unpaired) electrons. The van der Waals surface area contributed by atoms with Crippen molar-refractivity contribution >= 4 is 5.91 Å². The zero-order valence-electron chi connectivity index (χ0n) is 13.7. The quantitative estimate of drug-likeness (QED) is 0.919. The van der Waals surface area contributed by atoms with Crippen molar-refractivity contribution in [3.8, 4) is 0 Å². The number of aliphatic hydroxyl groups is 1. The molecule has 3 rings (SSSR count). The fraction of sp³-hybridized carbons (Fsp3) is 0.611. The van der Waals surface area contributed by atoms with Crippen LogP contribution >= 0.6 is 0 Å². The number of carbonyl (C=O) groups is 1. The third-order valence-electron chi connectivity index (χ3n) is 5.20. The summed E-state index contributed by atoms with van der Waals surface area (Å²) in [6, 6.07) is 6.42. The molecule has 5 heteroatoms. The van der Waals surface area contributed by atoms with Crippen LogP contribution in [0.4, 0.5) is 4.39 Å². The molecule has 0 bridgehead atoms. The van der Waals surface area contributed by atoms with Crippen LogP contribution in [0, 0.1) is 5.82 Å². The number of halogens is 1. The highest BCUT2D eigenvalue weighted by atomic mass is 19.1. The van der Waals surface area contributed by atoms with Crippen LogP contribution in [-0.4, -0.2) is 59.6 Å². The maximum atomic E-state index is 13.2. The second-order valence-electron chi connectivity index (χ2n) is 6.88. The van der Waals surface area contributed by atoms with Gasteiger partial charge in [-0.2, -0.15) is 0 Å².